The molecule has 0 aromatic carbocycles. The van der Waals surface area contributed by atoms with Crippen molar-refractivity contribution in [2.45, 2.75) is 142 Å². The fourth-order valence-corrected chi connectivity index (χ4v) is 5.98. The SMILES string of the molecule is CCCCCCCCCCOCC(COC/C=C/COCC(COCCCCCCCCCC)OCCCS(=O)(=O)[O-])OCCCS(=O)(=O)[O-].[Na+].[Na+]. The Balaban J connectivity index is -0.0000120. The van der Waals surface area contributed by atoms with Crippen LogP contribution in [-0.2, 0) is 48.7 Å². The third kappa shape index (κ3) is 47.5. The van der Waals surface area contributed by atoms with Gasteiger partial charge in [0.15, 0.2) is 0 Å². The molecular weight excluding hydrogens is 734 g/mol. The Hall–Kier alpha value is 1.32. The molecule has 300 valence electrons. The van der Waals surface area contributed by atoms with E-state index in [1.165, 1.54) is 77.0 Å². The third-order valence-electron chi connectivity index (χ3n) is 7.88. The van der Waals surface area contributed by atoms with Crippen LogP contribution in [0.25, 0.3) is 0 Å². The van der Waals surface area contributed by atoms with Gasteiger partial charge in [0.05, 0.1) is 59.9 Å². The second kappa shape index (κ2) is 41.9. The first-order valence-corrected chi connectivity index (χ1v) is 22.3. The van der Waals surface area contributed by atoms with E-state index in [0.717, 1.165) is 25.7 Å². The average Bonchev–Trinajstić information content (AvgIpc) is 3.06. The normalized spacial score (nSPS) is 13.2. The molecule has 0 amide bonds. The first kappa shape index (κ1) is 57.6. The van der Waals surface area contributed by atoms with Crippen molar-refractivity contribution in [3.63, 3.8) is 0 Å². The van der Waals surface area contributed by atoms with Gasteiger partial charge < -0.3 is 37.5 Å². The van der Waals surface area contributed by atoms with Gasteiger partial charge in [-0.2, -0.15) is 0 Å². The van der Waals surface area contributed by atoms with Gasteiger partial charge in [0.1, 0.15) is 12.2 Å². The van der Waals surface area contributed by atoms with Crippen LogP contribution in [0.1, 0.15) is 129 Å². The number of hydrogen-bond donors (Lipinski definition) is 0. The summed E-state index contributed by atoms with van der Waals surface area (Å²) in [5, 5.41) is 0. The molecule has 0 aliphatic rings. The fourth-order valence-electron chi connectivity index (χ4n) is 5.04. The zero-order valence-electron chi connectivity index (χ0n) is 33.2. The molecule has 0 aromatic rings. The molecule has 0 spiro atoms. The minimum absolute atomic E-state index is 0. The van der Waals surface area contributed by atoms with Crippen molar-refractivity contribution in [2.75, 3.05) is 77.6 Å². The molecule has 0 aliphatic heterocycles. The first-order chi connectivity index (χ1) is 24.1. The van der Waals surface area contributed by atoms with Gasteiger partial charge in [0.2, 0.25) is 0 Å². The van der Waals surface area contributed by atoms with Gasteiger partial charge in [-0.25, -0.2) is 16.8 Å². The maximum Gasteiger partial charge on any atom is 1.00 e. The second-order valence-electron chi connectivity index (χ2n) is 12.9. The van der Waals surface area contributed by atoms with E-state index in [4.69, 9.17) is 28.4 Å². The largest absolute Gasteiger partial charge is 1.00 e. The van der Waals surface area contributed by atoms with Crippen LogP contribution in [-0.4, -0.2) is 116 Å². The van der Waals surface area contributed by atoms with Crippen LogP contribution in [0.3, 0.4) is 0 Å². The van der Waals surface area contributed by atoms with Crippen LogP contribution in [0.15, 0.2) is 12.2 Å². The summed E-state index contributed by atoms with van der Waals surface area (Å²) in [5.74, 6) is -0.941. The molecule has 0 bridgehead atoms. The molecule has 16 heteroatoms. The molecule has 0 fully saturated rings. The van der Waals surface area contributed by atoms with Crippen molar-refractivity contribution in [2.24, 2.45) is 0 Å². The van der Waals surface area contributed by atoms with Gasteiger partial charge in [-0.3, -0.25) is 0 Å². The van der Waals surface area contributed by atoms with E-state index in [2.05, 4.69) is 13.8 Å². The molecule has 0 saturated heterocycles. The third-order valence-corrected chi connectivity index (χ3v) is 9.46. The van der Waals surface area contributed by atoms with Crippen molar-refractivity contribution < 1.29 is 113 Å². The van der Waals surface area contributed by atoms with Crippen LogP contribution in [0.4, 0.5) is 0 Å². The van der Waals surface area contributed by atoms with E-state index in [1.54, 1.807) is 0 Å². The Morgan fingerprint density at radius 3 is 1.08 bits per heavy atom. The zero-order chi connectivity index (χ0) is 37.0. The molecule has 0 heterocycles. The molecule has 0 aromatic heterocycles. The smallest absolute Gasteiger partial charge is 0.748 e. The Morgan fingerprint density at radius 1 is 0.442 bits per heavy atom. The second-order valence-corrected chi connectivity index (χ2v) is 15.9. The van der Waals surface area contributed by atoms with E-state index >= 15 is 0 Å². The Morgan fingerprint density at radius 2 is 0.750 bits per heavy atom. The monoisotopic (exact) mass is 804 g/mol. The fraction of sp³-hybridized carbons (Fsp3) is 0.944. The maximum absolute atomic E-state index is 10.9. The van der Waals surface area contributed by atoms with Gasteiger partial charge in [0, 0.05) is 37.9 Å². The van der Waals surface area contributed by atoms with Crippen molar-refractivity contribution in [3.05, 3.63) is 12.2 Å². The molecule has 2 atom stereocenters. The van der Waals surface area contributed by atoms with Crippen molar-refractivity contribution >= 4 is 20.2 Å². The van der Waals surface area contributed by atoms with E-state index in [0.29, 0.717) is 39.6 Å². The van der Waals surface area contributed by atoms with Crippen LogP contribution >= 0.6 is 0 Å². The molecule has 12 nitrogen and oxygen atoms in total. The van der Waals surface area contributed by atoms with Crippen molar-refractivity contribution in [3.8, 4) is 0 Å². The van der Waals surface area contributed by atoms with Gasteiger partial charge in [-0.15, -0.1) is 0 Å². The summed E-state index contributed by atoms with van der Waals surface area (Å²) < 4.78 is 99.9. The molecule has 2 unspecified atom stereocenters. The Labute approximate surface area is 362 Å². The standard InChI is InChI=1S/C36H72O12S2.2Na/c1-3-5-7-9-11-13-15-17-23-43-31-35(47-27-21-29-49(37,38)39)33-45-25-19-20-26-46-34-36(48-28-22-30-50(40,41)42)32-44-24-18-16-14-12-10-8-6-4-2;;/h19-20,35-36H,3-18,21-34H2,1-2H3,(H,37,38,39)(H,40,41,42);;/q;2*+1/p-2/b20-19+;;. The summed E-state index contributed by atoms with van der Waals surface area (Å²) in [4.78, 5) is 0. The number of rotatable bonds is 40. The van der Waals surface area contributed by atoms with E-state index in [9.17, 15) is 25.9 Å². The molecule has 0 rings (SSSR count). The topological polar surface area (TPSA) is 170 Å². The molecule has 0 saturated carbocycles. The summed E-state index contributed by atoms with van der Waals surface area (Å²) in [6, 6.07) is 0. The van der Waals surface area contributed by atoms with Crippen LogP contribution in [0.5, 0.6) is 0 Å². The summed E-state index contributed by atoms with van der Waals surface area (Å²) in [7, 11) is -8.57. The van der Waals surface area contributed by atoms with Gasteiger partial charge in [-0.05, 0) is 25.7 Å². The summed E-state index contributed by atoms with van der Waals surface area (Å²) in [6.45, 7) is 7.66. The van der Waals surface area contributed by atoms with E-state index in [1.807, 2.05) is 12.2 Å². The quantitative estimate of drug-likeness (QED) is 0.0366. The van der Waals surface area contributed by atoms with Crippen molar-refractivity contribution in [1.82, 2.24) is 0 Å². The molecule has 0 aliphatic carbocycles. The predicted molar refractivity (Wildman–Crippen MR) is 195 cm³/mol. The molecular formula is C36H70Na2O12S2. The van der Waals surface area contributed by atoms with E-state index < -0.39 is 31.7 Å². The molecule has 0 N–H and O–H groups in total. The van der Waals surface area contributed by atoms with Gasteiger partial charge >= 0.3 is 59.1 Å². The minimum atomic E-state index is -4.28. The van der Waals surface area contributed by atoms with Crippen LogP contribution in [0.2, 0.25) is 0 Å². The summed E-state index contributed by atoms with van der Waals surface area (Å²) in [5.41, 5.74) is 0. The zero-order valence-corrected chi connectivity index (χ0v) is 38.9. The summed E-state index contributed by atoms with van der Waals surface area (Å²) >= 11 is 0. The van der Waals surface area contributed by atoms with Gasteiger partial charge in [-0.1, -0.05) is 116 Å². The number of unbranched alkanes of at least 4 members (excludes halogenated alkanes) is 14. The minimum Gasteiger partial charge on any atom is -0.748 e. The maximum atomic E-state index is 10.9. The summed E-state index contributed by atoms with van der Waals surface area (Å²) in [6.07, 6.45) is 22.4. The number of hydrogen-bond acceptors (Lipinski definition) is 12. The van der Waals surface area contributed by atoms with Gasteiger partial charge in [0.25, 0.3) is 0 Å². The van der Waals surface area contributed by atoms with Crippen LogP contribution in [0, 0.1) is 0 Å². The Kier molecular flexibility index (Phi) is 46.5. The number of ether oxygens (including phenoxy) is 6. The average molecular weight is 805 g/mol. The molecule has 0 radical (unpaired) electrons. The van der Waals surface area contributed by atoms with Crippen molar-refractivity contribution in [1.29, 1.82) is 0 Å². The first-order valence-electron chi connectivity index (χ1n) is 19.1. The predicted octanol–water partition coefficient (Wildman–Crippen LogP) is 0.539. The molecule has 52 heavy (non-hydrogen) atoms. The Bertz CT molecular complexity index is 896. The van der Waals surface area contributed by atoms with E-state index in [-0.39, 0.29) is 111 Å². The van der Waals surface area contributed by atoms with Crippen LogP contribution < -0.4 is 59.1 Å².